The molecule has 1 aromatic rings. The summed E-state index contributed by atoms with van der Waals surface area (Å²) in [6.45, 7) is 4.08. The first-order chi connectivity index (χ1) is 7.65. The Bertz CT molecular complexity index is 360. The molecule has 2 nitrogen and oxygen atoms in total. The lowest BCUT2D eigenvalue weighted by atomic mass is 9.75. The largest absolute Gasteiger partial charge is 0.389 e. The highest BCUT2D eigenvalue weighted by Gasteiger charge is 2.35. The minimum absolute atomic E-state index is 0.220. The Labute approximate surface area is 97.7 Å². The Morgan fingerprint density at radius 1 is 1.56 bits per heavy atom. The fraction of sp³-hybridized carbons (Fsp3) is 0.643. The highest BCUT2D eigenvalue weighted by molar-refractivity contribution is 5.28. The van der Waals surface area contributed by atoms with Crippen LogP contribution in [0.15, 0.2) is 18.3 Å². The summed E-state index contributed by atoms with van der Waals surface area (Å²) in [7, 11) is 0. The van der Waals surface area contributed by atoms with E-state index in [0.29, 0.717) is 0 Å². The van der Waals surface area contributed by atoms with E-state index in [2.05, 4.69) is 18.0 Å². The predicted octanol–water partition coefficient (Wildman–Crippen LogP) is 3.05. The molecule has 2 unspecified atom stereocenters. The van der Waals surface area contributed by atoms with Gasteiger partial charge in [0.15, 0.2) is 0 Å². The molecule has 1 N–H and O–H groups in total. The highest BCUT2D eigenvalue weighted by atomic mass is 16.3. The molecule has 0 amide bonds. The van der Waals surface area contributed by atoms with Crippen LogP contribution < -0.4 is 0 Å². The lowest BCUT2D eigenvalue weighted by molar-refractivity contribution is 0.0142. The van der Waals surface area contributed by atoms with Crippen LogP contribution in [0.3, 0.4) is 0 Å². The summed E-state index contributed by atoms with van der Waals surface area (Å²) in [6.07, 6.45) is 7.07. The van der Waals surface area contributed by atoms with E-state index in [1.165, 1.54) is 12.0 Å². The lowest BCUT2D eigenvalue weighted by Crippen LogP contribution is -2.35. The van der Waals surface area contributed by atoms with Gasteiger partial charge in [0.2, 0.25) is 0 Å². The van der Waals surface area contributed by atoms with Crippen molar-refractivity contribution < 1.29 is 5.11 Å². The maximum absolute atomic E-state index is 10.5. The van der Waals surface area contributed by atoms with Crippen molar-refractivity contribution in [2.24, 2.45) is 0 Å². The van der Waals surface area contributed by atoms with Crippen molar-refractivity contribution in [3.8, 4) is 0 Å². The van der Waals surface area contributed by atoms with Crippen molar-refractivity contribution in [3.05, 3.63) is 29.6 Å². The van der Waals surface area contributed by atoms with Gasteiger partial charge >= 0.3 is 0 Å². The van der Waals surface area contributed by atoms with E-state index in [0.717, 1.165) is 31.4 Å². The molecule has 1 aliphatic rings. The predicted molar refractivity (Wildman–Crippen MR) is 65.4 cm³/mol. The third-order valence-electron chi connectivity index (χ3n) is 3.70. The number of fused-ring (bicyclic) bond motifs is 1. The van der Waals surface area contributed by atoms with E-state index in [9.17, 15) is 5.11 Å². The van der Waals surface area contributed by atoms with Gasteiger partial charge < -0.3 is 5.11 Å². The molecule has 2 heteroatoms. The summed E-state index contributed by atoms with van der Waals surface area (Å²) in [5.74, 6) is 0.220. The molecule has 1 aromatic heterocycles. The standard InChI is InChI=1S/C14H21NO/c1-3-9-14(2,16)12-8-4-6-11-7-5-10-15-13(11)12/h5,7,10,12,16H,3-4,6,8-9H2,1-2H3. The Hall–Kier alpha value is -0.890. The van der Waals surface area contributed by atoms with Crippen LogP contribution in [0.5, 0.6) is 0 Å². The summed E-state index contributed by atoms with van der Waals surface area (Å²) in [5.41, 5.74) is 1.86. The number of aryl methyl sites for hydroxylation is 1. The van der Waals surface area contributed by atoms with Gasteiger partial charge in [-0.05, 0) is 44.2 Å². The van der Waals surface area contributed by atoms with Crippen molar-refractivity contribution in [1.82, 2.24) is 4.98 Å². The molecule has 2 atom stereocenters. The van der Waals surface area contributed by atoms with Crippen LogP contribution in [-0.4, -0.2) is 15.7 Å². The quantitative estimate of drug-likeness (QED) is 0.847. The molecule has 0 spiro atoms. The van der Waals surface area contributed by atoms with Crippen molar-refractivity contribution in [2.75, 3.05) is 0 Å². The molecule has 2 rings (SSSR count). The topological polar surface area (TPSA) is 33.1 Å². The summed E-state index contributed by atoms with van der Waals surface area (Å²) in [5, 5.41) is 10.5. The van der Waals surface area contributed by atoms with Crippen LogP contribution >= 0.6 is 0 Å². The van der Waals surface area contributed by atoms with Gasteiger partial charge in [0.25, 0.3) is 0 Å². The zero-order valence-electron chi connectivity index (χ0n) is 10.2. The Kier molecular flexibility index (Phi) is 3.29. The zero-order chi connectivity index (χ0) is 11.6. The van der Waals surface area contributed by atoms with Gasteiger partial charge in [-0.1, -0.05) is 19.4 Å². The van der Waals surface area contributed by atoms with Crippen LogP contribution in [0.1, 0.15) is 56.7 Å². The number of rotatable bonds is 3. The zero-order valence-corrected chi connectivity index (χ0v) is 10.2. The van der Waals surface area contributed by atoms with Crippen molar-refractivity contribution in [3.63, 3.8) is 0 Å². The van der Waals surface area contributed by atoms with Gasteiger partial charge in [0.1, 0.15) is 0 Å². The van der Waals surface area contributed by atoms with Gasteiger partial charge in [-0.15, -0.1) is 0 Å². The molecule has 0 saturated heterocycles. The van der Waals surface area contributed by atoms with E-state index in [1.807, 2.05) is 19.2 Å². The van der Waals surface area contributed by atoms with Crippen LogP contribution in [-0.2, 0) is 6.42 Å². The molecule has 0 aromatic carbocycles. The molecular formula is C14H21NO. The molecule has 0 radical (unpaired) electrons. The van der Waals surface area contributed by atoms with Gasteiger partial charge in [-0.3, -0.25) is 4.98 Å². The van der Waals surface area contributed by atoms with Crippen LogP contribution in [0, 0.1) is 0 Å². The van der Waals surface area contributed by atoms with Crippen molar-refractivity contribution in [1.29, 1.82) is 0 Å². The monoisotopic (exact) mass is 219 g/mol. The summed E-state index contributed by atoms with van der Waals surface area (Å²) < 4.78 is 0. The maximum atomic E-state index is 10.5. The fourth-order valence-electron chi connectivity index (χ4n) is 2.90. The molecular weight excluding hydrogens is 198 g/mol. The van der Waals surface area contributed by atoms with Gasteiger partial charge in [0.05, 0.1) is 5.60 Å². The SMILES string of the molecule is CCCC(C)(O)C1CCCc2cccnc21. The van der Waals surface area contributed by atoms with Gasteiger partial charge in [-0.25, -0.2) is 0 Å². The fourth-order valence-corrected chi connectivity index (χ4v) is 2.90. The Balaban J connectivity index is 2.31. The third kappa shape index (κ3) is 2.12. The second-order valence-electron chi connectivity index (χ2n) is 5.10. The molecule has 0 bridgehead atoms. The van der Waals surface area contributed by atoms with Crippen molar-refractivity contribution in [2.45, 2.75) is 57.5 Å². The summed E-state index contributed by atoms with van der Waals surface area (Å²) in [4.78, 5) is 4.49. The summed E-state index contributed by atoms with van der Waals surface area (Å²) >= 11 is 0. The average Bonchev–Trinajstić information content (AvgIpc) is 2.28. The number of aromatic nitrogens is 1. The molecule has 0 aliphatic heterocycles. The van der Waals surface area contributed by atoms with Crippen LogP contribution in [0.4, 0.5) is 0 Å². The van der Waals surface area contributed by atoms with Gasteiger partial charge in [0, 0.05) is 17.8 Å². The second-order valence-corrected chi connectivity index (χ2v) is 5.10. The minimum Gasteiger partial charge on any atom is -0.389 e. The van der Waals surface area contributed by atoms with Gasteiger partial charge in [-0.2, -0.15) is 0 Å². The molecule has 1 heterocycles. The molecule has 0 saturated carbocycles. The smallest absolute Gasteiger partial charge is 0.0703 e. The summed E-state index contributed by atoms with van der Waals surface area (Å²) in [6, 6.07) is 4.15. The normalized spacial score (nSPS) is 23.6. The van der Waals surface area contributed by atoms with E-state index in [1.54, 1.807) is 0 Å². The second kappa shape index (κ2) is 4.54. The molecule has 0 fully saturated rings. The number of aliphatic hydroxyl groups is 1. The minimum atomic E-state index is -0.599. The molecule has 1 aliphatic carbocycles. The Morgan fingerprint density at radius 2 is 2.38 bits per heavy atom. The first-order valence-electron chi connectivity index (χ1n) is 6.31. The first kappa shape index (κ1) is 11.6. The first-order valence-corrected chi connectivity index (χ1v) is 6.31. The number of hydrogen-bond acceptors (Lipinski definition) is 2. The molecule has 16 heavy (non-hydrogen) atoms. The lowest BCUT2D eigenvalue weighted by Gasteiger charge is -2.36. The number of pyridine rings is 1. The number of hydrogen-bond donors (Lipinski definition) is 1. The van der Waals surface area contributed by atoms with E-state index in [-0.39, 0.29) is 5.92 Å². The molecule has 88 valence electrons. The highest BCUT2D eigenvalue weighted by Crippen LogP contribution is 2.39. The van der Waals surface area contributed by atoms with Crippen molar-refractivity contribution >= 4 is 0 Å². The number of nitrogens with zero attached hydrogens (tertiary/aromatic N) is 1. The maximum Gasteiger partial charge on any atom is 0.0703 e. The average molecular weight is 219 g/mol. The van der Waals surface area contributed by atoms with E-state index >= 15 is 0 Å². The Morgan fingerprint density at radius 3 is 3.12 bits per heavy atom. The van der Waals surface area contributed by atoms with Crippen LogP contribution in [0.25, 0.3) is 0 Å². The van der Waals surface area contributed by atoms with E-state index in [4.69, 9.17) is 0 Å². The third-order valence-corrected chi connectivity index (χ3v) is 3.70. The van der Waals surface area contributed by atoms with E-state index < -0.39 is 5.60 Å². The van der Waals surface area contributed by atoms with Crippen LogP contribution in [0.2, 0.25) is 0 Å².